The van der Waals surface area contributed by atoms with E-state index >= 15 is 0 Å². The fraction of sp³-hybridized carbons (Fsp3) is 0.190. The second-order valence-electron chi connectivity index (χ2n) is 6.32. The predicted molar refractivity (Wildman–Crippen MR) is 115 cm³/mol. The van der Waals surface area contributed by atoms with Crippen LogP contribution in [0.15, 0.2) is 70.3 Å². The van der Waals surface area contributed by atoms with Gasteiger partial charge in [0.05, 0.1) is 6.61 Å². The SMILES string of the molecule is CCOc1ccccc1CN(C)C(=O)c1cccc(NS(=O)(=O)c2cccs2)c1. The van der Waals surface area contributed by atoms with Crippen LogP contribution in [0.3, 0.4) is 0 Å². The number of para-hydroxylation sites is 1. The molecular weight excluding hydrogens is 408 g/mol. The monoisotopic (exact) mass is 430 g/mol. The Bertz CT molecular complexity index is 1080. The maximum absolute atomic E-state index is 12.9. The highest BCUT2D eigenvalue weighted by molar-refractivity contribution is 7.94. The quantitative estimate of drug-likeness (QED) is 0.581. The molecule has 1 amide bonds. The summed E-state index contributed by atoms with van der Waals surface area (Å²) in [6, 6.07) is 17.3. The first-order valence-corrected chi connectivity index (χ1v) is 11.4. The summed E-state index contributed by atoms with van der Waals surface area (Å²) in [6.07, 6.45) is 0. The number of rotatable bonds is 8. The Balaban J connectivity index is 1.75. The summed E-state index contributed by atoms with van der Waals surface area (Å²) in [4.78, 5) is 14.4. The van der Waals surface area contributed by atoms with E-state index in [4.69, 9.17) is 4.74 Å². The van der Waals surface area contributed by atoms with Crippen molar-refractivity contribution in [2.75, 3.05) is 18.4 Å². The highest BCUT2D eigenvalue weighted by Gasteiger charge is 2.18. The van der Waals surface area contributed by atoms with Crippen molar-refractivity contribution < 1.29 is 17.9 Å². The van der Waals surface area contributed by atoms with E-state index in [9.17, 15) is 13.2 Å². The van der Waals surface area contributed by atoms with Crippen molar-refractivity contribution in [2.24, 2.45) is 0 Å². The smallest absolute Gasteiger partial charge is 0.271 e. The van der Waals surface area contributed by atoms with Gasteiger partial charge in [0.25, 0.3) is 15.9 Å². The molecule has 29 heavy (non-hydrogen) atoms. The third-order valence-electron chi connectivity index (χ3n) is 4.15. The molecule has 1 aromatic heterocycles. The Morgan fingerprint density at radius 1 is 1.10 bits per heavy atom. The normalized spacial score (nSPS) is 11.1. The summed E-state index contributed by atoms with van der Waals surface area (Å²) in [5, 5.41) is 1.70. The molecule has 152 valence electrons. The standard InChI is InChI=1S/C21H22N2O4S2/c1-3-27-19-11-5-4-8-17(19)15-23(2)21(24)16-9-6-10-18(14-16)22-29(25,26)20-12-7-13-28-20/h4-14,22H,3,15H2,1-2H3. The van der Waals surface area contributed by atoms with Crippen molar-refractivity contribution in [3.8, 4) is 5.75 Å². The Morgan fingerprint density at radius 2 is 1.90 bits per heavy atom. The van der Waals surface area contributed by atoms with E-state index < -0.39 is 10.0 Å². The van der Waals surface area contributed by atoms with E-state index in [-0.39, 0.29) is 10.1 Å². The topological polar surface area (TPSA) is 75.7 Å². The van der Waals surface area contributed by atoms with Crippen molar-refractivity contribution in [1.29, 1.82) is 0 Å². The summed E-state index contributed by atoms with van der Waals surface area (Å²) in [5.41, 5.74) is 1.64. The second-order valence-corrected chi connectivity index (χ2v) is 9.18. The lowest BCUT2D eigenvalue weighted by atomic mass is 10.1. The summed E-state index contributed by atoms with van der Waals surface area (Å²) >= 11 is 1.13. The molecule has 1 N–H and O–H groups in total. The highest BCUT2D eigenvalue weighted by Crippen LogP contribution is 2.23. The van der Waals surface area contributed by atoms with Gasteiger partial charge in [0.2, 0.25) is 0 Å². The molecule has 0 saturated carbocycles. The lowest BCUT2D eigenvalue weighted by Gasteiger charge is -2.19. The second kappa shape index (κ2) is 9.11. The minimum atomic E-state index is -3.67. The molecule has 0 saturated heterocycles. The number of sulfonamides is 1. The van der Waals surface area contributed by atoms with Gasteiger partial charge < -0.3 is 9.64 Å². The number of nitrogens with zero attached hydrogens (tertiary/aromatic N) is 1. The van der Waals surface area contributed by atoms with Crippen LogP contribution in [-0.2, 0) is 16.6 Å². The minimum Gasteiger partial charge on any atom is -0.494 e. The molecule has 0 aliphatic rings. The molecule has 3 rings (SSSR count). The van der Waals surface area contributed by atoms with Crippen LogP contribution in [0.5, 0.6) is 5.75 Å². The van der Waals surface area contributed by atoms with Crippen LogP contribution in [0.1, 0.15) is 22.8 Å². The zero-order chi connectivity index (χ0) is 20.9. The molecule has 0 aliphatic carbocycles. The van der Waals surface area contributed by atoms with Gasteiger partial charge in [0.1, 0.15) is 9.96 Å². The largest absolute Gasteiger partial charge is 0.494 e. The first kappa shape index (κ1) is 20.9. The molecule has 0 atom stereocenters. The number of nitrogens with one attached hydrogen (secondary N) is 1. The van der Waals surface area contributed by atoms with Gasteiger partial charge in [-0.15, -0.1) is 11.3 Å². The first-order valence-electron chi connectivity index (χ1n) is 9.03. The number of amides is 1. The third kappa shape index (κ3) is 5.16. The summed E-state index contributed by atoms with van der Waals surface area (Å²) in [7, 11) is -1.96. The van der Waals surface area contributed by atoms with Crippen molar-refractivity contribution in [3.63, 3.8) is 0 Å². The number of anilines is 1. The van der Waals surface area contributed by atoms with Crippen LogP contribution in [0.25, 0.3) is 0 Å². The molecule has 6 nitrogen and oxygen atoms in total. The number of hydrogen-bond donors (Lipinski definition) is 1. The van der Waals surface area contributed by atoms with E-state index in [1.54, 1.807) is 47.7 Å². The van der Waals surface area contributed by atoms with Gasteiger partial charge in [-0.1, -0.05) is 30.3 Å². The molecule has 2 aromatic carbocycles. The van der Waals surface area contributed by atoms with Gasteiger partial charge in [0.15, 0.2) is 0 Å². The average Bonchev–Trinajstić information content (AvgIpc) is 3.25. The first-order chi connectivity index (χ1) is 13.9. The summed E-state index contributed by atoms with van der Waals surface area (Å²) < 4.78 is 33.2. The zero-order valence-electron chi connectivity index (χ0n) is 16.2. The Kier molecular flexibility index (Phi) is 6.56. The number of ether oxygens (including phenoxy) is 1. The molecule has 0 unspecified atom stereocenters. The highest BCUT2D eigenvalue weighted by atomic mass is 32.2. The summed E-state index contributed by atoms with van der Waals surface area (Å²) in [5.74, 6) is 0.528. The number of hydrogen-bond acceptors (Lipinski definition) is 5. The van der Waals surface area contributed by atoms with Crippen LogP contribution in [0, 0.1) is 0 Å². The Hall–Kier alpha value is -2.84. The molecule has 1 heterocycles. The van der Waals surface area contributed by atoms with Gasteiger partial charge >= 0.3 is 0 Å². The van der Waals surface area contributed by atoms with Crippen LogP contribution < -0.4 is 9.46 Å². The van der Waals surface area contributed by atoms with Crippen molar-refractivity contribution in [3.05, 3.63) is 77.2 Å². The average molecular weight is 431 g/mol. The van der Waals surface area contributed by atoms with E-state index in [1.165, 1.54) is 6.07 Å². The van der Waals surface area contributed by atoms with Crippen LogP contribution in [0.4, 0.5) is 5.69 Å². The number of benzene rings is 2. The molecule has 0 bridgehead atoms. The van der Waals surface area contributed by atoms with Crippen LogP contribution >= 0.6 is 11.3 Å². The van der Waals surface area contributed by atoms with Crippen molar-refractivity contribution in [2.45, 2.75) is 17.7 Å². The lowest BCUT2D eigenvalue weighted by molar-refractivity contribution is 0.0784. The number of thiophene rings is 1. The van der Waals surface area contributed by atoms with Crippen LogP contribution in [0.2, 0.25) is 0 Å². The van der Waals surface area contributed by atoms with E-state index in [2.05, 4.69) is 4.72 Å². The molecule has 8 heteroatoms. The van der Waals surface area contributed by atoms with Gasteiger partial charge in [-0.25, -0.2) is 8.42 Å². The van der Waals surface area contributed by atoms with Gasteiger partial charge in [-0.05, 0) is 42.6 Å². The molecule has 0 radical (unpaired) electrons. The third-order valence-corrected chi connectivity index (χ3v) is 6.93. The maximum Gasteiger partial charge on any atom is 0.271 e. The molecule has 0 aliphatic heterocycles. The zero-order valence-corrected chi connectivity index (χ0v) is 17.8. The van der Waals surface area contributed by atoms with Crippen LogP contribution in [-0.4, -0.2) is 32.9 Å². The molecular formula is C21H22N2O4S2. The fourth-order valence-electron chi connectivity index (χ4n) is 2.82. The molecule has 3 aromatic rings. The molecule has 0 fully saturated rings. The Morgan fingerprint density at radius 3 is 2.62 bits per heavy atom. The van der Waals surface area contributed by atoms with Gasteiger partial charge in [-0.3, -0.25) is 9.52 Å². The summed E-state index contributed by atoms with van der Waals surface area (Å²) in [6.45, 7) is 2.83. The Labute approximate surface area is 174 Å². The minimum absolute atomic E-state index is 0.214. The number of carbonyl (C=O) groups excluding carboxylic acids is 1. The lowest BCUT2D eigenvalue weighted by Crippen LogP contribution is -2.26. The van der Waals surface area contributed by atoms with E-state index in [1.807, 2.05) is 31.2 Å². The molecule has 0 spiro atoms. The number of carbonyl (C=O) groups is 1. The van der Waals surface area contributed by atoms with Crippen molar-refractivity contribution in [1.82, 2.24) is 4.90 Å². The predicted octanol–water partition coefficient (Wildman–Crippen LogP) is 4.22. The van der Waals surface area contributed by atoms with Gasteiger partial charge in [-0.2, -0.15) is 0 Å². The van der Waals surface area contributed by atoms with Crippen molar-refractivity contribution >= 4 is 33.0 Å². The fourth-order valence-corrected chi connectivity index (χ4v) is 4.86. The van der Waals surface area contributed by atoms with E-state index in [0.29, 0.717) is 24.4 Å². The van der Waals surface area contributed by atoms with Gasteiger partial charge in [0, 0.05) is 30.4 Å². The van der Waals surface area contributed by atoms with E-state index in [0.717, 1.165) is 22.6 Å². The maximum atomic E-state index is 12.9.